The topological polar surface area (TPSA) is 83.6 Å². The van der Waals surface area contributed by atoms with Gasteiger partial charge in [-0.05, 0) is 11.0 Å². The molecule has 0 fully saturated rings. The molecule has 0 aromatic heterocycles. The predicted molar refractivity (Wildman–Crippen MR) is 50.9 cm³/mol. The van der Waals surface area contributed by atoms with Crippen molar-refractivity contribution in [3.05, 3.63) is 39.9 Å². The first-order valence-electron chi connectivity index (χ1n) is 4.01. The Bertz CT molecular complexity index is 331. The third kappa shape index (κ3) is 2.55. The highest BCUT2D eigenvalue weighted by Crippen LogP contribution is 2.09. The molecule has 0 aliphatic carbocycles. The highest BCUT2D eigenvalue weighted by atomic mass is 16.6. The van der Waals surface area contributed by atoms with Crippen molar-refractivity contribution in [3.63, 3.8) is 0 Å². The highest BCUT2D eigenvalue weighted by molar-refractivity contribution is 6.46. The number of aliphatic hydroxyl groups is 1. The molecule has 1 radical (unpaired) electrons. The highest BCUT2D eigenvalue weighted by Gasteiger charge is 2.16. The van der Waals surface area contributed by atoms with Crippen molar-refractivity contribution in [2.45, 2.75) is 6.10 Å². The molecule has 2 N–H and O–H groups in total. The van der Waals surface area contributed by atoms with E-state index < -0.39 is 17.6 Å². The van der Waals surface area contributed by atoms with Crippen LogP contribution in [0.1, 0.15) is 11.7 Å². The van der Waals surface area contributed by atoms with E-state index in [-0.39, 0.29) is 0 Å². The summed E-state index contributed by atoms with van der Waals surface area (Å²) < 4.78 is 0. The molecule has 1 aromatic rings. The van der Waals surface area contributed by atoms with Crippen LogP contribution in [0.2, 0.25) is 0 Å². The van der Waals surface area contributed by atoms with E-state index in [1.54, 1.807) is 18.2 Å². The smallest absolute Gasteiger partial charge is 0.327 e. The normalized spacial score (nSPS) is 12.1. The van der Waals surface area contributed by atoms with Crippen molar-refractivity contribution in [1.29, 1.82) is 0 Å². The van der Waals surface area contributed by atoms with Crippen LogP contribution in [-0.4, -0.2) is 29.1 Å². The summed E-state index contributed by atoms with van der Waals surface area (Å²) >= 11 is 0. The number of nitro groups is 1. The molecule has 1 atom stereocenters. The van der Waals surface area contributed by atoms with Crippen molar-refractivity contribution in [3.8, 4) is 0 Å². The van der Waals surface area contributed by atoms with Crippen molar-refractivity contribution >= 4 is 12.9 Å². The van der Waals surface area contributed by atoms with Gasteiger partial charge in [0.05, 0.1) is 0 Å². The molecule has 0 saturated carbocycles. The maximum Gasteiger partial charge on any atom is 0.327 e. The molecule has 14 heavy (non-hydrogen) atoms. The fraction of sp³-hybridized carbons (Fsp3) is 0.250. The summed E-state index contributed by atoms with van der Waals surface area (Å²) in [5.41, 5.74) is 0.744. The van der Waals surface area contributed by atoms with Gasteiger partial charge in [0.2, 0.25) is 6.54 Å². The second-order valence-electron chi connectivity index (χ2n) is 2.79. The summed E-state index contributed by atoms with van der Waals surface area (Å²) in [5.74, 6) is 0. The second-order valence-corrected chi connectivity index (χ2v) is 2.79. The molecule has 0 saturated heterocycles. The van der Waals surface area contributed by atoms with Crippen LogP contribution in [0.5, 0.6) is 0 Å². The lowest BCUT2D eigenvalue weighted by molar-refractivity contribution is -0.491. The minimum Gasteiger partial charge on any atom is -0.450 e. The number of hydrogen-bond acceptors (Lipinski definition) is 4. The zero-order valence-corrected chi connectivity index (χ0v) is 7.33. The largest absolute Gasteiger partial charge is 0.450 e. The van der Waals surface area contributed by atoms with Gasteiger partial charge in [-0.2, -0.15) is 0 Å². The van der Waals surface area contributed by atoms with Crippen LogP contribution in [0.4, 0.5) is 0 Å². The number of hydrogen-bond donors (Lipinski definition) is 2. The average molecular weight is 194 g/mol. The van der Waals surface area contributed by atoms with Crippen LogP contribution in [0.25, 0.3) is 0 Å². The second kappa shape index (κ2) is 4.73. The minimum atomic E-state index is -1.19. The molecule has 0 heterocycles. The van der Waals surface area contributed by atoms with E-state index in [4.69, 9.17) is 5.02 Å². The molecule has 0 aliphatic rings. The Kier molecular flexibility index (Phi) is 3.61. The van der Waals surface area contributed by atoms with Crippen molar-refractivity contribution in [2.75, 3.05) is 6.54 Å². The number of benzene rings is 1. The molecule has 73 valence electrons. The van der Waals surface area contributed by atoms with Crippen molar-refractivity contribution < 1.29 is 15.1 Å². The van der Waals surface area contributed by atoms with Gasteiger partial charge in [-0.25, -0.2) is 0 Å². The van der Waals surface area contributed by atoms with Crippen LogP contribution in [0.3, 0.4) is 0 Å². The molecular weight excluding hydrogens is 185 g/mol. The van der Waals surface area contributed by atoms with Gasteiger partial charge in [-0.1, -0.05) is 24.3 Å². The maximum atomic E-state index is 10.2. The quantitative estimate of drug-likeness (QED) is 0.374. The van der Waals surface area contributed by atoms with Crippen LogP contribution >= 0.6 is 0 Å². The average Bonchev–Trinajstić information content (AvgIpc) is 2.16. The molecule has 0 bridgehead atoms. The van der Waals surface area contributed by atoms with Gasteiger partial charge in [0, 0.05) is 4.92 Å². The van der Waals surface area contributed by atoms with Gasteiger partial charge in [0.25, 0.3) is 0 Å². The van der Waals surface area contributed by atoms with Crippen LogP contribution in [-0.2, 0) is 0 Å². The summed E-state index contributed by atoms with van der Waals surface area (Å²) in [7, 11) is 0.818. The molecule has 1 aromatic carbocycles. The van der Waals surface area contributed by atoms with E-state index in [0.29, 0.717) is 11.0 Å². The SMILES string of the molecule is O=[N+]([O-])CC(O)c1ccccc1[B]O. The maximum absolute atomic E-state index is 10.2. The van der Waals surface area contributed by atoms with Crippen molar-refractivity contribution in [1.82, 2.24) is 0 Å². The zero-order valence-electron chi connectivity index (χ0n) is 7.33. The van der Waals surface area contributed by atoms with Gasteiger partial charge in [-0.15, -0.1) is 0 Å². The molecule has 1 rings (SSSR count). The Hall–Kier alpha value is -1.40. The first-order chi connectivity index (χ1) is 6.65. The van der Waals surface area contributed by atoms with E-state index in [9.17, 15) is 15.2 Å². The van der Waals surface area contributed by atoms with E-state index in [1.807, 2.05) is 0 Å². The summed E-state index contributed by atoms with van der Waals surface area (Å²) in [4.78, 5) is 9.56. The molecule has 0 amide bonds. The fourth-order valence-corrected chi connectivity index (χ4v) is 1.17. The standard InChI is InChI=1S/C8H9BNO4/c11-8(5-10(13)14)6-3-1-2-4-7(6)9-12/h1-4,8,11-12H,5H2. The first-order valence-corrected chi connectivity index (χ1v) is 4.01. The Labute approximate surface area is 81.4 Å². The molecule has 5 nitrogen and oxygen atoms in total. The summed E-state index contributed by atoms with van der Waals surface area (Å²) in [6.45, 7) is -0.565. The third-order valence-electron chi connectivity index (χ3n) is 1.82. The molecule has 1 unspecified atom stereocenters. The summed E-state index contributed by atoms with van der Waals surface area (Å²) in [6, 6.07) is 6.42. The number of nitrogens with zero attached hydrogens (tertiary/aromatic N) is 1. The molecular formula is C8H9BNO4. The summed E-state index contributed by atoms with van der Waals surface area (Å²) in [6.07, 6.45) is -1.19. The van der Waals surface area contributed by atoms with Crippen molar-refractivity contribution in [2.24, 2.45) is 0 Å². The summed E-state index contributed by atoms with van der Waals surface area (Å²) in [5, 5.41) is 28.4. The van der Waals surface area contributed by atoms with E-state index in [2.05, 4.69) is 0 Å². The first kappa shape index (κ1) is 10.7. The van der Waals surface area contributed by atoms with Crippen LogP contribution in [0, 0.1) is 10.1 Å². The lowest BCUT2D eigenvalue weighted by Gasteiger charge is -2.09. The molecule has 6 heteroatoms. The monoisotopic (exact) mass is 194 g/mol. The van der Waals surface area contributed by atoms with Gasteiger partial charge < -0.3 is 10.1 Å². The third-order valence-corrected chi connectivity index (χ3v) is 1.82. The Morgan fingerprint density at radius 3 is 2.71 bits per heavy atom. The van der Waals surface area contributed by atoms with Gasteiger partial charge in [0.15, 0.2) is 0 Å². The number of rotatable bonds is 4. The van der Waals surface area contributed by atoms with Gasteiger partial charge in [0.1, 0.15) is 6.10 Å². The van der Waals surface area contributed by atoms with E-state index >= 15 is 0 Å². The zero-order chi connectivity index (χ0) is 10.6. The Morgan fingerprint density at radius 2 is 2.14 bits per heavy atom. The van der Waals surface area contributed by atoms with Crippen LogP contribution in [0.15, 0.2) is 24.3 Å². The Morgan fingerprint density at radius 1 is 1.50 bits per heavy atom. The van der Waals surface area contributed by atoms with Crippen LogP contribution < -0.4 is 5.46 Å². The van der Waals surface area contributed by atoms with E-state index in [0.717, 1.165) is 7.48 Å². The van der Waals surface area contributed by atoms with E-state index in [1.165, 1.54) is 6.07 Å². The number of aliphatic hydroxyl groups excluding tert-OH is 1. The fourth-order valence-electron chi connectivity index (χ4n) is 1.17. The minimum absolute atomic E-state index is 0.353. The lowest BCUT2D eigenvalue weighted by Crippen LogP contribution is -2.24. The van der Waals surface area contributed by atoms with Gasteiger partial charge >= 0.3 is 7.48 Å². The Balaban J connectivity index is 2.87. The lowest BCUT2D eigenvalue weighted by atomic mass is 9.82. The molecule has 0 spiro atoms. The van der Waals surface area contributed by atoms with Gasteiger partial charge in [-0.3, -0.25) is 10.1 Å². The molecule has 0 aliphatic heterocycles. The predicted octanol–water partition coefficient (Wildman–Crippen LogP) is -0.767.